The highest BCUT2D eigenvalue weighted by molar-refractivity contribution is 6.34. The fourth-order valence-corrected chi connectivity index (χ4v) is 3.57. The van der Waals surface area contributed by atoms with Crippen LogP contribution < -0.4 is 15.0 Å². The number of anilines is 1. The quantitative estimate of drug-likeness (QED) is 0.529. The summed E-state index contributed by atoms with van der Waals surface area (Å²) in [5.74, 6) is -1.20. The SMILES string of the molecule is CCOc1cc(-c2cc(C(=O)NC)ccc2Cl)cnc1N(C)C(=O)c1c(F)cccc1Cl. The van der Waals surface area contributed by atoms with Crippen LogP contribution in [0.4, 0.5) is 10.2 Å². The number of ether oxygens (including phenoxy) is 1. The van der Waals surface area contributed by atoms with Crippen LogP contribution in [0.1, 0.15) is 27.6 Å². The maximum atomic E-state index is 14.3. The third-order valence-electron chi connectivity index (χ3n) is 4.70. The Bertz CT molecular complexity index is 1170. The van der Waals surface area contributed by atoms with E-state index in [1.54, 1.807) is 31.2 Å². The fraction of sp³-hybridized carbons (Fsp3) is 0.174. The molecule has 0 aliphatic rings. The van der Waals surface area contributed by atoms with Crippen molar-refractivity contribution in [1.29, 1.82) is 0 Å². The maximum Gasteiger partial charge on any atom is 0.263 e. The number of carbonyl (C=O) groups is 2. The number of hydrogen-bond acceptors (Lipinski definition) is 4. The van der Waals surface area contributed by atoms with Gasteiger partial charge < -0.3 is 10.1 Å². The fourth-order valence-electron chi connectivity index (χ4n) is 3.10. The third kappa shape index (κ3) is 4.69. The monoisotopic (exact) mass is 475 g/mol. The minimum Gasteiger partial charge on any atom is -0.490 e. The number of aromatic nitrogens is 1. The summed E-state index contributed by atoms with van der Waals surface area (Å²) >= 11 is 12.4. The van der Waals surface area contributed by atoms with Gasteiger partial charge in [-0.2, -0.15) is 0 Å². The minimum atomic E-state index is -0.735. The van der Waals surface area contributed by atoms with E-state index in [4.69, 9.17) is 27.9 Å². The summed E-state index contributed by atoms with van der Waals surface area (Å²) in [6, 6.07) is 10.5. The number of hydrogen-bond donors (Lipinski definition) is 1. The number of nitrogens with one attached hydrogen (secondary N) is 1. The van der Waals surface area contributed by atoms with E-state index in [1.165, 1.54) is 37.3 Å². The Labute approximate surface area is 194 Å². The van der Waals surface area contributed by atoms with Crippen molar-refractivity contribution in [3.63, 3.8) is 0 Å². The van der Waals surface area contributed by atoms with E-state index in [0.29, 0.717) is 28.3 Å². The van der Waals surface area contributed by atoms with Gasteiger partial charge in [-0.25, -0.2) is 9.37 Å². The number of pyridine rings is 1. The molecule has 6 nitrogen and oxygen atoms in total. The van der Waals surface area contributed by atoms with Crippen molar-refractivity contribution >= 4 is 40.8 Å². The zero-order valence-corrected chi connectivity index (χ0v) is 19.1. The Kier molecular flexibility index (Phi) is 7.33. The van der Waals surface area contributed by atoms with Gasteiger partial charge in [0.05, 0.1) is 17.2 Å². The molecule has 0 unspecified atom stereocenters. The minimum absolute atomic E-state index is 0.00534. The molecule has 1 N–H and O–H groups in total. The second kappa shape index (κ2) is 9.97. The molecular weight excluding hydrogens is 456 g/mol. The molecule has 2 amide bonds. The smallest absolute Gasteiger partial charge is 0.263 e. The first-order valence-electron chi connectivity index (χ1n) is 9.65. The molecule has 0 saturated carbocycles. The van der Waals surface area contributed by atoms with E-state index in [2.05, 4.69) is 10.3 Å². The third-order valence-corrected chi connectivity index (χ3v) is 5.34. The highest BCUT2D eigenvalue weighted by Crippen LogP contribution is 2.35. The Morgan fingerprint density at radius 3 is 2.56 bits per heavy atom. The maximum absolute atomic E-state index is 14.3. The summed E-state index contributed by atoms with van der Waals surface area (Å²) in [5.41, 5.74) is 1.32. The van der Waals surface area contributed by atoms with Crippen LogP contribution in [0.3, 0.4) is 0 Å². The number of rotatable bonds is 6. The Balaban J connectivity index is 2.05. The van der Waals surface area contributed by atoms with Crippen molar-refractivity contribution < 1.29 is 18.7 Å². The van der Waals surface area contributed by atoms with Crippen LogP contribution in [0.25, 0.3) is 11.1 Å². The molecule has 32 heavy (non-hydrogen) atoms. The molecular formula is C23H20Cl2FN3O3. The lowest BCUT2D eigenvalue weighted by Gasteiger charge is -2.21. The lowest BCUT2D eigenvalue weighted by molar-refractivity contribution is 0.0960. The first kappa shape index (κ1) is 23.5. The van der Waals surface area contributed by atoms with Gasteiger partial charge in [0.2, 0.25) is 0 Å². The van der Waals surface area contributed by atoms with Gasteiger partial charge in [0.25, 0.3) is 11.8 Å². The number of nitrogens with zero attached hydrogens (tertiary/aromatic N) is 2. The number of amides is 2. The standard InChI is InChI=1S/C23H20Cl2FN3O3/c1-4-32-19-11-14(15-10-13(22(30)27-2)8-9-16(15)24)12-28-21(19)29(3)23(31)20-17(25)6-5-7-18(20)26/h5-12H,4H2,1-3H3,(H,27,30). The van der Waals surface area contributed by atoms with E-state index >= 15 is 0 Å². The number of benzene rings is 2. The Hall–Kier alpha value is -3.16. The molecule has 0 bridgehead atoms. The first-order chi connectivity index (χ1) is 15.3. The van der Waals surface area contributed by atoms with E-state index in [-0.39, 0.29) is 28.1 Å². The zero-order valence-electron chi connectivity index (χ0n) is 17.6. The molecule has 0 aliphatic heterocycles. The van der Waals surface area contributed by atoms with Crippen LogP contribution in [0.15, 0.2) is 48.7 Å². The van der Waals surface area contributed by atoms with Gasteiger partial charge in [0.1, 0.15) is 5.82 Å². The lowest BCUT2D eigenvalue weighted by atomic mass is 10.0. The predicted molar refractivity (Wildman–Crippen MR) is 123 cm³/mol. The second-order valence-corrected chi connectivity index (χ2v) is 7.53. The highest BCUT2D eigenvalue weighted by Gasteiger charge is 2.24. The summed E-state index contributed by atoms with van der Waals surface area (Å²) in [7, 11) is 2.99. The lowest BCUT2D eigenvalue weighted by Crippen LogP contribution is -2.29. The Morgan fingerprint density at radius 1 is 1.16 bits per heavy atom. The largest absolute Gasteiger partial charge is 0.490 e. The average Bonchev–Trinajstić information content (AvgIpc) is 2.78. The molecule has 0 fully saturated rings. The topological polar surface area (TPSA) is 71.5 Å². The van der Waals surface area contributed by atoms with Gasteiger partial charge in [0, 0.05) is 42.0 Å². The van der Waals surface area contributed by atoms with E-state index in [0.717, 1.165) is 6.07 Å². The predicted octanol–water partition coefficient (Wildman–Crippen LogP) is 5.23. The molecule has 0 spiro atoms. The van der Waals surface area contributed by atoms with Gasteiger partial charge in [0.15, 0.2) is 11.6 Å². The van der Waals surface area contributed by atoms with E-state index < -0.39 is 11.7 Å². The number of halogens is 3. The van der Waals surface area contributed by atoms with Crippen LogP contribution in [0.2, 0.25) is 10.0 Å². The molecule has 0 radical (unpaired) electrons. The van der Waals surface area contributed by atoms with Gasteiger partial charge in [-0.1, -0.05) is 29.3 Å². The van der Waals surface area contributed by atoms with Crippen molar-refractivity contribution in [2.45, 2.75) is 6.92 Å². The summed E-state index contributed by atoms with van der Waals surface area (Å²) in [5, 5.41) is 2.97. The van der Waals surface area contributed by atoms with E-state index in [1.807, 2.05) is 0 Å². The van der Waals surface area contributed by atoms with Crippen molar-refractivity contribution in [3.05, 3.63) is 75.7 Å². The van der Waals surface area contributed by atoms with Crippen LogP contribution in [-0.4, -0.2) is 37.5 Å². The van der Waals surface area contributed by atoms with E-state index in [9.17, 15) is 14.0 Å². The van der Waals surface area contributed by atoms with Crippen LogP contribution in [0, 0.1) is 5.82 Å². The molecule has 9 heteroatoms. The molecule has 3 aromatic rings. The average molecular weight is 476 g/mol. The van der Waals surface area contributed by atoms with Crippen molar-refractivity contribution in [2.75, 3.05) is 25.6 Å². The molecule has 0 aliphatic carbocycles. The summed E-state index contributed by atoms with van der Waals surface area (Å²) < 4.78 is 20.0. The number of carbonyl (C=O) groups excluding carboxylic acids is 2. The molecule has 1 aromatic heterocycles. The van der Waals surface area contributed by atoms with Crippen LogP contribution >= 0.6 is 23.2 Å². The van der Waals surface area contributed by atoms with Crippen molar-refractivity contribution in [3.8, 4) is 16.9 Å². The van der Waals surface area contributed by atoms with Crippen LogP contribution in [-0.2, 0) is 0 Å². The normalized spacial score (nSPS) is 10.6. The van der Waals surface area contributed by atoms with Crippen molar-refractivity contribution in [2.24, 2.45) is 0 Å². The molecule has 166 valence electrons. The van der Waals surface area contributed by atoms with Gasteiger partial charge in [-0.05, 0) is 43.3 Å². The highest BCUT2D eigenvalue weighted by atomic mass is 35.5. The van der Waals surface area contributed by atoms with Gasteiger partial charge in [-0.3, -0.25) is 14.5 Å². The van der Waals surface area contributed by atoms with Crippen molar-refractivity contribution in [1.82, 2.24) is 10.3 Å². The molecule has 2 aromatic carbocycles. The molecule has 0 saturated heterocycles. The summed E-state index contributed by atoms with van der Waals surface area (Å²) in [6.45, 7) is 2.08. The second-order valence-electron chi connectivity index (χ2n) is 6.71. The molecule has 1 heterocycles. The first-order valence-corrected chi connectivity index (χ1v) is 10.4. The van der Waals surface area contributed by atoms with Gasteiger partial charge in [-0.15, -0.1) is 0 Å². The zero-order chi connectivity index (χ0) is 23.4. The van der Waals surface area contributed by atoms with Crippen LogP contribution in [0.5, 0.6) is 5.75 Å². The summed E-state index contributed by atoms with van der Waals surface area (Å²) in [4.78, 5) is 30.5. The van der Waals surface area contributed by atoms with Gasteiger partial charge >= 0.3 is 0 Å². The summed E-state index contributed by atoms with van der Waals surface area (Å²) in [6.07, 6.45) is 1.50. The molecule has 3 rings (SSSR count). The Morgan fingerprint density at radius 2 is 1.91 bits per heavy atom. The molecule has 0 atom stereocenters.